The Balaban J connectivity index is 2.57. The van der Waals surface area contributed by atoms with Crippen molar-refractivity contribution in [1.82, 2.24) is 4.90 Å². The molecule has 9 heteroatoms. The predicted octanol–water partition coefficient (Wildman–Crippen LogP) is 2.14. The molecule has 0 N–H and O–H groups in total. The van der Waals surface area contributed by atoms with Gasteiger partial charge in [-0.25, -0.2) is 0 Å². The fraction of sp³-hybridized carbons (Fsp3) is 0.286. The molecule has 1 aliphatic heterocycles. The van der Waals surface area contributed by atoms with Crippen LogP contribution in [0, 0.1) is 10.1 Å². The van der Waals surface area contributed by atoms with Gasteiger partial charge in [-0.3, -0.25) is 24.8 Å². The van der Waals surface area contributed by atoms with Gasteiger partial charge >= 0.3 is 0 Å². The smallest absolute Gasteiger partial charge is 0.280 e. The largest absolute Gasteiger partial charge is 0.493 e. The van der Waals surface area contributed by atoms with E-state index in [-0.39, 0.29) is 22.9 Å². The molecule has 1 aromatic carbocycles. The Bertz CT molecular complexity index is 729. The number of ether oxygens (including phenoxy) is 2. The van der Waals surface area contributed by atoms with E-state index in [1.165, 1.54) is 37.3 Å². The summed E-state index contributed by atoms with van der Waals surface area (Å²) in [7, 11) is 6.01. The second-order valence-electron chi connectivity index (χ2n) is 4.50. The first-order valence-electron chi connectivity index (χ1n) is 6.47. The maximum atomic E-state index is 12.2. The van der Waals surface area contributed by atoms with E-state index in [4.69, 9.17) is 9.47 Å². The molecule has 0 saturated carbocycles. The van der Waals surface area contributed by atoms with E-state index in [1.54, 1.807) is 14.1 Å². The van der Waals surface area contributed by atoms with Gasteiger partial charge in [-0.15, -0.1) is 0 Å². The Morgan fingerprint density at radius 2 is 1.91 bits per heavy atom. The Hall–Kier alpha value is -2.55. The number of benzene rings is 1. The zero-order valence-electron chi connectivity index (χ0n) is 13.0. The van der Waals surface area contributed by atoms with Gasteiger partial charge in [-0.05, 0) is 23.9 Å². The van der Waals surface area contributed by atoms with Gasteiger partial charge in [0.15, 0.2) is 16.7 Å². The van der Waals surface area contributed by atoms with Crippen LogP contribution in [0.3, 0.4) is 0 Å². The number of hydrogen-bond donors (Lipinski definition) is 0. The lowest BCUT2D eigenvalue weighted by Gasteiger charge is -2.09. The van der Waals surface area contributed by atoms with Crippen molar-refractivity contribution in [2.75, 3.05) is 28.3 Å². The molecule has 0 radical (unpaired) electrons. The monoisotopic (exact) mass is 337 g/mol. The van der Waals surface area contributed by atoms with Gasteiger partial charge in [0.05, 0.1) is 35.7 Å². The molecular weight excluding hydrogens is 322 g/mol. The normalized spacial score (nSPS) is 17.9. The standard InChI is InChI=1S/C14H15N3O5S/c1-15-14-16(2)13(18)12(23-14)6-8-5-10(21-3)11(22-4)7-9(8)17(19)20/h5-7H,1-4H3/b12-6+,15-14?. The number of hydrogen-bond acceptors (Lipinski definition) is 7. The van der Waals surface area contributed by atoms with Crippen molar-refractivity contribution in [2.24, 2.45) is 4.99 Å². The van der Waals surface area contributed by atoms with Gasteiger partial charge in [0.1, 0.15) is 0 Å². The second-order valence-corrected chi connectivity index (χ2v) is 5.51. The third-order valence-corrected chi connectivity index (χ3v) is 4.36. The molecule has 0 spiro atoms. The molecule has 1 fully saturated rings. The van der Waals surface area contributed by atoms with Crippen LogP contribution in [0.15, 0.2) is 22.0 Å². The van der Waals surface area contributed by atoms with Crippen molar-refractivity contribution in [1.29, 1.82) is 0 Å². The number of likely N-dealkylation sites (N-methyl/N-ethyl adjacent to an activating group) is 1. The van der Waals surface area contributed by atoms with Crippen molar-refractivity contribution in [3.63, 3.8) is 0 Å². The highest BCUT2D eigenvalue weighted by Crippen LogP contribution is 2.38. The van der Waals surface area contributed by atoms with Crippen molar-refractivity contribution in [3.05, 3.63) is 32.7 Å². The SMILES string of the molecule is CN=C1S/C(=C/c2cc(OC)c(OC)cc2[N+](=O)[O-])C(=O)N1C. The van der Waals surface area contributed by atoms with E-state index in [2.05, 4.69) is 4.99 Å². The highest BCUT2D eigenvalue weighted by atomic mass is 32.2. The molecule has 1 saturated heterocycles. The van der Waals surface area contributed by atoms with Gasteiger partial charge in [0, 0.05) is 14.1 Å². The number of rotatable bonds is 4. The summed E-state index contributed by atoms with van der Waals surface area (Å²) in [6.07, 6.45) is 1.46. The van der Waals surface area contributed by atoms with Crippen LogP contribution >= 0.6 is 11.8 Å². The number of amides is 1. The van der Waals surface area contributed by atoms with E-state index in [1.807, 2.05) is 0 Å². The number of nitro groups is 1. The Kier molecular flexibility index (Phi) is 4.89. The molecule has 0 bridgehead atoms. The summed E-state index contributed by atoms with van der Waals surface area (Å²) in [4.78, 5) is 28.7. The minimum absolute atomic E-state index is 0.173. The maximum absolute atomic E-state index is 12.2. The molecule has 23 heavy (non-hydrogen) atoms. The number of aliphatic imine (C=N–C) groups is 1. The molecule has 0 aliphatic carbocycles. The lowest BCUT2D eigenvalue weighted by Crippen LogP contribution is -2.23. The van der Waals surface area contributed by atoms with Gasteiger partial charge in [0.2, 0.25) is 0 Å². The number of methoxy groups -OCH3 is 2. The van der Waals surface area contributed by atoms with Crippen LogP contribution in [0.25, 0.3) is 6.08 Å². The first kappa shape index (κ1) is 16.8. The average molecular weight is 337 g/mol. The molecular formula is C14H15N3O5S. The van der Waals surface area contributed by atoms with Crippen LogP contribution in [-0.2, 0) is 4.79 Å². The quantitative estimate of drug-likeness (QED) is 0.475. The van der Waals surface area contributed by atoms with Gasteiger partial charge in [0.25, 0.3) is 11.6 Å². The lowest BCUT2D eigenvalue weighted by molar-refractivity contribution is -0.385. The molecule has 1 aliphatic rings. The van der Waals surface area contributed by atoms with Crippen molar-refractivity contribution < 1.29 is 19.2 Å². The Morgan fingerprint density at radius 1 is 1.30 bits per heavy atom. The fourth-order valence-corrected chi connectivity index (χ4v) is 2.97. The summed E-state index contributed by atoms with van der Waals surface area (Å²) in [5, 5.41) is 11.8. The third-order valence-electron chi connectivity index (χ3n) is 3.21. The molecule has 1 amide bonds. The van der Waals surface area contributed by atoms with Crippen LogP contribution in [0.1, 0.15) is 5.56 Å². The molecule has 1 heterocycles. The average Bonchev–Trinajstić information content (AvgIpc) is 2.81. The maximum Gasteiger partial charge on any atom is 0.280 e. The minimum atomic E-state index is -0.531. The van der Waals surface area contributed by atoms with Crippen LogP contribution in [0.2, 0.25) is 0 Å². The molecule has 0 atom stereocenters. The number of carbonyl (C=O) groups excluding carboxylic acids is 1. The lowest BCUT2D eigenvalue weighted by atomic mass is 10.1. The van der Waals surface area contributed by atoms with Crippen LogP contribution in [0.4, 0.5) is 5.69 Å². The highest BCUT2D eigenvalue weighted by Gasteiger charge is 2.31. The Labute approximate surface area is 136 Å². The number of amidine groups is 1. The highest BCUT2D eigenvalue weighted by molar-refractivity contribution is 8.18. The molecule has 2 rings (SSSR count). The summed E-state index contributed by atoms with van der Waals surface area (Å²) in [5.74, 6) is 0.331. The van der Waals surface area contributed by atoms with Crippen molar-refractivity contribution >= 4 is 34.6 Å². The fourth-order valence-electron chi connectivity index (χ4n) is 2.05. The first-order chi connectivity index (χ1) is 10.9. The minimum Gasteiger partial charge on any atom is -0.493 e. The number of carbonyl (C=O) groups is 1. The third kappa shape index (κ3) is 3.14. The topological polar surface area (TPSA) is 94.3 Å². The predicted molar refractivity (Wildman–Crippen MR) is 87.9 cm³/mol. The van der Waals surface area contributed by atoms with Crippen LogP contribution < -0.4 is 9.47 Å². The number of thioether (sulfide) groups is 1. The number of nitro benzene ring substituents is 1. The van der Waals surface area contributed by atoms with E-state index in [0.29, 0.717) is 15.8 Å². The van der Waals surface area contributed by atoms with E-state index in [9.17, 15) is 14.9 Å². The van der Waals surface area contributed by atoms with Gasteiger partial charge in [-0.2, -0.15) is 0 Å². The van der Waals surface area contributed by atoms with Crippen molar-refractivity contribution in [3.8, 4) is 11.5 Å². The first-order valence-corrected chi connectivity index (χ1v) is 7.29. The van der Waals surface area contributed by atoms with Crippen LogP contribution in [0.5, 0.6) is 11.5 Å². The molecule has 1 aromatic rings. The molecule has 122 valence electrons. The summed E-state index contributed by atoms with van der Waals surface area (Å²) in [6.45, 7) is 0. The number of nitrogens with zero attached hydrogens (tertiary/aromatic N) is 3. The zero-order valence-corrected chi connectivity index (χ0v) is 13.8. The van der Waals surface area contributed by atoms with E-state index >= 15 is 0 Å². The molecule has 8 nitrogen and oxygen atoms in total. The van der Waals surface area contributed by atoms with Crippen molar-refractivity contribution in [2.45, 2.75) is 0 Å². The van der Waals surface area contributed by atoms with Gasteiger partial charge in [-0.1, -0.05) is 0 Å². The summed E-state index contributed by atoms with van der Waals surface area (Å²) >= 11 is 1.16. The van der Waals surface area contributed by atoms with Crippen LogP contribution in [-0.4, -0.2) is 49.2 Å². The van der Waals surface area contributed by atoms with Gasteiger partial charge < -0.3 is 9.47 Å². The molecule has 0 aromatic heterocycles. The van der Waals surface area contributed by atoms with E-state index < -0.39 is 4.92 Å². The summed E-state index contributed by atoms with van der Waals surface area (Å²) < 4.78 is 10.2. The summed E-state index contributed by atoms with van der Waals surface area (Å²) in [5.41, 5.74) is 0.0855. The zero-order chi connectivity index (χ0) is 17.1. The van der Waals surface area contributed by atoms with E-state index in [0.717, 1.165) is 11.8 Å². The molecule has 0 unspecified atom stereocenters. The summed E-state index contributed by atoms with van der Waals surface area (Å²) in [6, 6.07) is 2.74. The second kappa shape index (κ2) is 6.69. The Morgan fingerprint density at radius 3 is 2.39 bits per heavy atom.